The largest absolute Gasteiger partial charge is 0.395 e. The van der Waals surface area contributed by atoms with Crippen LogP contribution in [0, 0.1) is 0 Å². The van der Waals surface area contributed by atoms with Gasteiger partial charge in [0.1, 0.15) is 0 Å². The predicted octanol–water partition coefficient (Wildman–Crippen LogP) is 3.26. The van der Waals surface area contributed by atoms with Crippen molar-refractivity contribution in [2.75, 3.05) is 19.7 Å². The molecule has 0 aromatic heterocycles. The van der Waals surface area contributed by atoms with Gasteiger partial charge in [-0.1, -0.05) is 47.0 Å². The Hall–Kier alpha value is -0.710. The minimum absolute atomic E-state index is 0.165. The zero-order chi connectivity index (χ0) is 14.4. The zero-order valence-corrected chi connectivity index (χ0v) is 13.3. The van der Waals surface area contributed by atoms with E-state index in [0.717, 1.165) is 16.6 Å². The number of hydrogen-bond donors (Lipinski definition) is 1. The summed E-state index contributed by atoms with van der Waals surface area (Å²) in [5.74, 6) is 0.165. The van der Waals surface area contributed by atoms with Gasteiger partial charge in [-0.2, -0.15) is 0 Å². The lowest BCUT2D eigenvalue weighted by atomic mass is 10.1. The second-order valence-corrected chi connectivity index (χ2v) is 6.21. The van der Waals surface area contributed by atoms with Gasteiger partial charge >= 0.3 is 0 Å². The van der Waals surface area contributed by atoms with Crippen LogP contribution in [0.25, 0.3) is 0 Å². The first-order valence-electron chi connectivity index (χ1n) is 7.35. The second kappa shape index (κ2) is 7.91. The Morgan fingerprint density at radius 1 is 1.25 bits per heavy atom. The predicted molar refractivity (Wildman–Crippen MR) is 84.0 cm³/mol. The Bertz CT molecular complexity index is 444. The van der Waals surface area contributed by atoms with Gasteiger partial charge in [-0.3, -0.25) is 9.69 Å². The number of aliphatic hydroxyl groups excluding tert-OH is 1. The molecule has 4 heteroatoms. The van der Waals surface area contributed by atoms with E-state index in [9.17, 15) is 9.90 Å². The van der Waals surface area contributed by atoms with E-state index in [4.69, 9.17) is 0 Å². The molecule has 0 bridgehead atoms. The molecule has 0 atom stereocenters. The molecule has 1 aliphatic rings. The highest BCUT2D eigenvalue weighted by molar-refractivity contribution is 9.10. The molecule has 0 aliphatic heterocycles. The molecule has 0 saturated heterocycles. The first-order chi connectivity index (χ1) is 9.72. The number of hydrogen-bond acceptors (Lipinski definition) is 3. The first-order valence-corrected chi connectivity index (χ1v) is 8.14. The van der Waals surface area contributed by atoms with Crippen LogP contribution in [0.5, 0.6) is 0 Å². The molecule has 3 nitrogen and oxygen atoms in total. The van der Waals surface area contributed by atoms with E-state index >= 15 is 0 Å². The van der Waals surface area contributed by atoms with Crippen LogP contribution < -0.4 is 0 Å². The van der Waals surface area contributed by atoms with Crippen molar-refractivity contribution in [1.29, 1.82) is 0 Å². The molecule has 2 rings (SSSR count). The van der Waals surface area contributed by atoms with Crippen LogP contribution in [0.2, 0.25) is 0 Å². The molecule has 1 aromatic carbocycles. The van der Waals surface area contributed by atoms with Crippen LogP contribution in [-0.4, -0.2) is 41.5 Å². The summed E-state index contributed by atoms with van der Waals surface area (Å²) in [6, 6.07) is 8.11. The quantitative estimate of drug-likeness (QED) is 0.775. The van der Waals surface area contributed by atoms with E-state index in [1.165, 1.54) is 25.7 Å². The van der Waals surface area contributed by atoms with Crippen molar-refractivity contribution in [3.05, 3.63) is 34.3 Å². The molecule has 110 valence electrons. The number of carbonyl (C=O) groups is 1. The standard InChI is InChI=1S/C16H22BrNO2/c17-15-8-4-3-7-14(15)16(20)9-10-18(11-12-19)13-5-1-2-6-13/h3-4,7-8,13,19H,1-2,5-6,9-12H2. The van der Waals surface area contributed by atoms with E-state index in [-0.39, 0.29) is 12.4 Å². The maximum absolute atomic E-state index is 12.3. The lowest BCUT2D eigenvalue weighted by molar-refractivity contribution is 0.0933. The number of carbonyl (C=O) groups excluding carboxylic acids is 1. The zero-order valence-electron chi connectivity index (χ0n) is 11.7. The van der Waals surface area contributed by atoms with E-state index in [0.29, 0.717) is 19.0 Å². The normalized spacial score (nSPS) is 15.9. The molecule has 0 radical (unpaired) electrons. The van der Waals surface area contributed by atoms with Crippen molar-refractivity contribution < 1.29 is 9.90 Å². The molecule has 0 unspecified atom stereocenters. The van der Waals surface area contributed by atoms with Crippen molar-refractivity contribution >= 4 is 21.7 Å². The minimum Gasteiger partial charge on any atom is -0.395 e. The number of aliphatic hydroxyl groups is 1. The van der Waals surface area contributed by atoms with Crippen molar-refractivity contribution in [2.45, 2.75) is 38.1 Å². The summed E-state index contributed by atoms with van der Waals surface area (Å²) in [6.45, 7) is 1.58. The van der Waals surface area contributed by atoms with E-state index in [1.54, 1.807) is 0 Å². The molecular weight excluding hydrogens is 318 g/mol. The van der Waals surface area contributed by atoms with Crippen molar-refractivity contribution in [3.8, 4) is 0 Å². The average Bonchev–Trinajstić information content (AvgIpc) is 2.97. The molecule has 1 aromatic rings. The topological polar surface area (TPSA) is 40.5 Å². The molecular formula is C16H22BrNO2. The van der Waals surface area contributed by atoms with Gasteiger partial charge in [0.25, 0.3) is 0 Å². The number of halogens is 1. The van der Waals surface area contributed by atoms with Crippen LogP contribution in [-0.2, 0) is 0 Å². The van der Waals surface area contributed by atoms with E-state index in [2.05, 4.69) is 20.8 Å². The highest BCUT2D eigenvalue weighted by atomic mass is 79.9. The number of ketones is 1. The van der Waals surface area contributed by atoms with E-state index in [1.807, 2.05) is 24.3 Å². The van der Waals surface area contributed by atoms with Gasteiger partial charge in [0.15, 0.2) is 5.78 Å². The number of benzene rings is 1. The number of Topliss-reactive ketones (excluding diaryl/α,β-unsaturated/α-hetero) is 1. The fourth-order valence-electron chi connectivity index (χ4n) is 2.94. The summed E-state index contributed by atoms with van der Waals surface area (Å²) in [7, 11) is 0. The molecule has 20 heavy (non-hydrogen) atoms. The SMILES string of the molecule is O=C(CCN(CCO)C1CCCC1)c1ccccc1Br. The lowest BCUT2D eigenvalue weighted by Gasteiger charge is -2.27. The van der Waals surface area contributed by atoms with Gasteiger partial charge in [0, 0.05) is 35.6 Å². The van der Waals surface area contributed by atoms with Gasteiger partial charge in [0.05, 0.1) is 6.61 Å². The maximum atomic E-state index is 12.3. The van der Waals surface area contributed by atoms with Crippen LogP contribution in [0.4, 0.5) is 0 Å². The van der Waals surface area contributed by atoms with Gasteiger partial charge in [-0.15, -0.1) is 0 Å². The van der Waals surface area contributed by atoms with Crippen molar-refractivity contribution in [2.24, 2.45) is 0 Å². The highest BCUT2D eigenvalue weighted by Crippen LogP contribution is 2.24. The molecule has 1 saturated carbocycles. The van der Waals surface area contributed by atoms with Gasteiger partial charge < -0.3 is 5.11 Å². The summed E-state index contributed by atoms with van der Waals surface area (Å²) in [6.07, 6.45) is 5.45. The van der Waals surface area contributed by atoms with Crippen LogP contribution in [0.1, 0.15) is 42.5 Å². The summed E-state index contributed by atoms with van der Waals surface area (Å²) in [5.41, 5.74) is 0.753. The van der Waals surface area contributed by atoms with Crippen LogP contribution in [0.3, 0.4) is 0 Å². The Kier molecular flexibility index (Phi) is 6.20. The smallest absolute Gasteiger partial charge is 0.165 e. The number of rotatable bonds is 7. The molecule has 0 spiro atoms. The third-order valence-electron chi connectivity index (χ3n) is 4.03. The highest BCUT2D eigenvalue weighted by Gasteiger charge is 2.22. The Morgan fingerprint density at radius 2 is 1.95 bits per heavy atom. The third-order valence-corrected chi connectivity index (χ3v) is 4.72. The number of nitrogens with zero attached hydrogens (tertiary/aromatic N) is 1. The Balaban J connectivity index is 1.91. The first kappa shape index (κ1) is 15.7. The molecule has 0 heterocycles. The maximum Gasteiger partial charge on any atom is 0.165 e. The van der Waals surface area contributed by atoms with E-state index < -0.39 is 0 Å². The Labute approximate surface area is 129 Å². The third kappa shape index (κ3) is 4.14. The Morgan fingerprint density at radius 3 is 2.60 bits per heavy atom. The minimum atomic E-state index is 0.165. The van der Waals surface area contributed by atoms with Gasteiger partial charge in [-0.25, -0.2) is 0 Å². The fraction of sp³-hybridized carbons (Fsp3) is 0.562. The monoisotopic (exact) mass is 339 g/mol. The summed E-state index contributed by atoms with van der Waals surface area (Å²) in [4.78, 5) is 14.5. The summed E-state index contributed by atoms with van der Waals surface area (Å²) >= 11 is 3.43. The second-order valence-electron chi connectivity index (χ2n) is 5.35. The van der Waals surface area contributed by atoms with Gasteiger partial charge in [-0.05, 0) is 18.9 Å². The lowest BCUT2D eigenvalue weighted by Crippen LogP contribution is -2.37. The summed E-state index contributed by atoms with van der Waals surface area (Å²) in [5, 5.41) is 9.19. The van der Waals surface area contributed by atoms with Gasteiger partial charge in [0.2, 0.25) is 0 Å². The molecule has 0 amide bonds. The average molecular weight is 340 g/mol. The van der Waals surface area contributed by atoms with Crippen LogP contribution >= 0.6 is 15.9 Å². The fourth-order valence-corrected chi connectivity index (χ4v) is 3.45. The van der Waals surface area contributed by atoms with Crippen molar-refractivity contribution in [1.82, 2.24) is 4.90 Å². The summed E-state index contributed by atoms with van der Waals surface area (Å²) < 4.78 is 0.861. The molecule has 1 fully saturated rings. The van der Waals surface area contributed by atoms with Crippen molar-refractivity contribution in [3.63, 3.8) is 0 Å². The molecule has 1 N–H and O–H groups in total. The molecule has 1 aliphatic carbocycles. The van der Waals surface area contributed by atoms with Crippen LogP contribution in [0.15, 0.2) is 28.7 Å².